The second kappa shape index (κ2) is 7.07. The molecule has 2 aliphatic rings. The summed E-state index contributed by atoms with van der Waals surface area (Å²) in [5.74, 6) is 0.0266. The van der Waals surface area contributed by atoms with Gasteiger partial charge >= 0.3 is 5.97 Å². The van der Waals surface area contributed by atoms with E-state index in [0.29, 0.717) is 6.04 Å². The first-order chi connectivity index (χ1) is 9.97. The fourth-order valence-corrected chi connectivity index (χ4v) is 4.00. The van der Waals surface area contributed by atoms with Crippen molar-refractivity contribution in [1.82, 2.24) is 9.80 Å². The zero-order valence-electron chi connectivity index (χ0n) is 13.8. The molecule has 2 fully saturated rings. The molecule has 0 aromatic heterocycles. The van der Waals surface area contributed by atoms with E-state index in [2.05, 4.69) is 23.9 Å². The van der Waals surface area contributed by atoms with Crippen molar-refractivity contribution in [3.63, 3.8) is 0 Å². The average Bonchev–Trinajstić information content (AvgIpc) is 2.86. The highest BCUT2D eigenvalue weighted by atomic mass is 16.5. The maximum absolute atomic E-state index is 12.0. The number of ether oxygens (including phenoxy) is 1. The first-order valence-corrected chi connectivity index (χ1v) is 8.23. The van der Waals surface area contributed by atoms with Crippen molar-refractivity contribution in [2.24, 2.45) is 11.7 Å². The fraction of sp³-hybridized carbons (Fsp3) is 0.938. The third-order valence-electron chi connectivity index (χ3n) is 5.49. The number of nitrogens with zero attached hydrogens (tertiary/aromatic N) is 2. The number of likely N-dealkylation sites (N-methyl/N-ethyl adjacent to an activating group) is 2. The SMILES string of the molecule is COC(=O)C1(N)CCCC1CCN(C)C1CCCN(C)C1. The molecule has 5 heteroatoms. The minimum atomic E-state index is -0.751. The van der Waals surface area contributed by atoms with Gasteiger partial charge in [-0.2, -0.15) is 0 Å². The molecule has 0 aromatic rings. The number of rotatable bonds is 5. The van der Waals surface area contributed by atoms with Crippen molar-refractivity contribution in [2.75, 3.05) is 40.8 Å². The molecule has 1 aliphatic heterocycles. The van der Waals surface area contributed by atoms with Gasteiger partial charge in [0, 0.05) is 12.6 Å². The maximum Gasteiger partial charge on any atom is 0.326 e. The van der Waals surface area contributed by atoms with Crippen molar-refractivity contribution >= 4 is 5.97 Å². The zero-order valence-corrected chi connectivity index (χ0v) is 13.8. The lowest BCUT2D eigenvalue weighted by molar-refractivity contribution is -0.148. The van der Waals surface area contributed by atoms with Crippen LogP contribution in [0.4, 0.5) is 0 Å². The van der Waals surface area contributed by atoms with Gasteiger partial charge in [-0.15, -0.1) is 0 Å². The molecule has 0 aromatic carbocycles. The number of carbonyl (C=O) groups excluding carboxylic acids is 1. The Morgan fingerprint density at radius 1 is 1.43 bits per heavy atom. The summed E-state index contributed by atoms with van der Waals surface area (Å²) in [5.41, 5.74) is 5.59. The average molecular weight is 297 g/mol. The van der Waals surface area contributed by atoms with Gasteiger partial charge in [0.1, 0.15) is 5.54 Å². The summed E-state index contributed by atoms with van der Waals surface area (Å²) >= 11 is 0. The van der Waals surface area contributed by atoms with E-state index in [1.165, 1.54) is 26.5 Å². The number of hydrogen-bond donors (Lipinski definition) is 1. The van der Waals surface area contributed by atoms with Crippen molar-refractivity contribution in [3.05, 3.63) is 0 Å². The topological polar surface area (TPSA) is 58.8 Å². The molecule has 0 bridgehead atoms. The van der Waals surface area contributed by atoms with Crippen LogP contribution in [0.2, 0.25) is 0 Å². The lowest BCUT2D eigenvalue weighted by atomic mass is 9.85. The molecule has 1 aliphatic carbocycles. The first kappa shape index (κ1) is 16.7. The zero-order chi connectivity index (χ0) is 15.5. The standard InChI is InChI=1S/C16H31N3O2/c1-18-10-5-7-14(12-18)19(2)11-8-13-6-4-9-16(13,17)15(20)21-3/h13-14H,4-12,17H2,1-3H3. The molecular weight excluding hydrogens is 266 g/mol. The van der Waals surface area contributed by atoms with Gasteiger partial charge in [0.15, 0.2) is 0 Å². The molecule has 1 saturated carbocycles. The van der Waals surface area contributed by atoms with Crippen molar-refractivity contribution < 1.29 is 9.53 Å². The number of esters is 1. The summed E-state index contributed by atoms with van der Waals surface area (Å²) in [6, 6.07) is 0.635. The van der Waals surface area contributed by atoms with Gasteiger partial charge in [0.2, 0.25) is 0 Å². The first-order valence-electron chi connectivity index (χ1n) is 8.23. The van der Waals surface area contributed by atoms with Crippen LogP contribution in [0.25, 0.3) is 0 Å². The normalized spacial score (nSPS) is 34.3. The molecule has 3 unspecified atom stereocenters. The number of piperidine rings is 1. The molecule has 21 heavy (non-hydrogen) atoms. The van der Waals surface area contributed by atoms with Gasteiger partial charge in [0.05, 0.1) is 7.11 Å². The number of methoxy groups -OCH3 is 1. The fourth-order valence-electron chi connectivity index (χ4n) is 4.00. The van der Waals surface area contributed by atoms with E-state index in [9.17, 15) is 4.79 Å². The highest BCUT2D eigenvalue weighted by molar-refractivity contribution is 5.81. The number of carbonyl (C=O) groups is 1. The highest BCUT2D eigenvalue weighted by Crippen LogP contribution is 2.37. The van der Waals surface area contributed by atoms with Gasteiger partial charge < -0.3 is 20.3 Å². The van der Waals surface area contributed by atoms with E-state index in [-0.39, 0.29) is 11.9 Å². The molecule has 0 radical (unpaired) electrons. The molecule has 0 spiro atoms. The lowest BCUT2D eigenvalue weighted by Crippen LogP contribution is -2.52. The molecule has 3 atom stereocenters. The predicted molar refractivity (Wildman–Crippen MR) is 84.0 cm³/mol. The molecule has 0 amide bonds. The molecule has 1 heterocycles. The number of nitrogens with two attached hydrogens (primary N) is 1. The number of likely N-dealkylation sites (tertiary alicyclic amines) is 1. The Bertz CT molecular complexity index is 363. The summed E-state index contributed by atoms with van der Waals surface area (Å²) in [4.78, 5) is 16.8. The Morgan fingerprint density at radius 2 is 2.19 bits per heavy atom. The lowest BCUT2D eigenvalue weighted by Gasteiger charge is -2.37. The van der Waals surface area contributed by atoms with Crippen LogP contribution in [0.3, 0.4) is 0 Å². The second-order valence-corrected chi connectivity index (χ2v) is 6.95. The minimum Gasteiger partial charge on any atom is -0.468 e. The van der Waals surface area contributed by atoms with E-state index in [0.717, 1.165) is 38.8 Å². The predicted octanol–water partition coefficient (Wildman–Crippen LogP) is 1.07. The maximum atomic E-state index is 12.0. The van der Waals surface area contributed by atoms with Gasteiger partial charge in [-0.25, -0.2) is 0 Å². The monoisotopic (exact) mass is 297 g/mol. The second-order valence-electron chi connectivity index (χ2n) is 6.95. The smallest absolute Gasteiger partial charge is 0.326 e. The Hall–Kier alpha value is -0.650. The molecule has 122 valence electrons. The molecule has 1 saturated heterocycles. The van der Waals surface area contributed by atoms with Crippen molar-refractivity contribution in [2.45, 2.75) is 50.1 Å². The van der Waals surface area contributed by atoms with E-state index in [1.54, 1.807) is 0 Å². The van der Waals surface area contributed by atoms with Crippen LogP contribution < -0.4 is 5.73 Å². The van der Waals surface area contributed by atoms with Crippen LogP contribution in [0, 0.1) is 5.92 Å². The largest absolute Gasteiger partial charge is 0.468 e. The Labute approximate surface area is 128 Å². The van der Waals surface area contributed by atoms with Gasteiger partial charge in [-0.1, -0.05) is 6.42 Å². The van der Waals surface area contributed by atoms with Crippen LogP contribution in [0.15, 0.2) is 0 Å². The van der Waals surface area contributed by atoms with Crippen LogP contribution >= 0.6 is 0 Å². The Balaban J connectivity index is 1.85. The van der Waals surface area contributed by atoms with Gasteiger partial charge in [-0.3, -0.25) is 4.79 Å². The van der Waals surface area contributed by atoms with E-state index >= 15 is 0 Å². The molecule has 2 rings (SSSR count). The van der Waals surface area contributed by atoms with E-state index in [4.69, 9.17) is 10.5 Å². The van der Waals surface area contributed by atoms with Gasteiger partial charge in [-0.05, 0) is 65.2 Å². The molecule has 5 nitrogen and oxygen atoms in total. The third-order valence-corrected chi connectivity index (χ3v) is 5.49. The van der Waals surface area contributed by atoms with Crippen LogP contribution in [0.1, 0.15) is 38.5 Å². The third kappa shape index (κ3) is 3.76. The molecular formula is C16H31N3O2. The Morgan fingerprint density at radius 3 is 2.86 bits per heavy atom. The summed E-state index contributed by atoms with van der Waals surface area (Å²) in [5, 5.41) is 0. The summed E-state index contributed by atoms with van der Waals surface area (Å²) < 4.78 is 4.92. The number of hydrogen-bond acceptors (Lipinski definition) is 5. The minimum absolute atomic E-state index is 0.231. The van der Waals surface area contributed by atoms with E-state index < -0.39 is 5.54 Å². The van der Waals surface area contributed by atoms with Crippen LogP contribution in [-0.2, 0) is 9.53 Å². The summed E-state index contributed by atoms with van der Waals surface area (Å²) in [6.07, 6.45) is 6.38. The van der Waals surface area contributed by atoms with Crippen molar-refractivity contribution in [3.8, 4) is 0 Å². The summed E-state index contributed by atoms with van der Waals surface area (Å²) in [6.45, 7) is 3.37. The quantitative estimate of drug-likeness (QED) is 0.769. The Kier molecular flexibility index (Phi) is 5.63. The highest BCUT2D eigenvalue weighted by Gasteiger charge is 2.46. The van der Waals surface area contributed by atoms with E-state index in [1.807, 2.05) is 0 Å². The van der Waals surface area contributed by atoms with Crippen molar-refractivity contribution in [1.29, 1.82) is 0 Å². The van der Waals surface area contributed by atoms with Crippen LogP contribution in [0.5, 0.6) is 0 Å². The van der Waals surface area contributed by atoms with Gasteiger partial charge in [0.25, 0.3) is 0 Å². The summed E-state index contributed by atoms with van der Waals surface area (Å²) in [7, 11) is 5.84. The molecule has 2 N–H and O–H groups in total. The van der Waals surface area contributed by atoms with Crippen LogP contribution in [-0.4, -0.2) is 68.2 Å².